The van der Waals surface area contributed by atoms with Gasteiger partial charge in [0.15, 0.2) is 0 Å². The molecule has 1 aliphatic heterocycles. The second-order valence-electron chi connectivity index (χ2n) is 2.01. The van der Waals surface area contributed by atoms with Gasteiger partial charge in [0.1, 0.15) is 0 Å². The second-order valence-corrected chi connectivity index (χ2v) is 2.01. The lowest BCUT2D eigenvalue weighted by Gasteiger charge is -2.19. The third-order valence-corrected chi connectivity index (χ3v) is 1.39. The number of nitrogens with two attached hydrogens (primary N) is 1. The van der Waals surface area contributed by atoms with Crippen LogP contribution in [0.2, 0.25) is 0 Å². The van der Waals surface area contributed by atoms with Gasteiger partial charge in [-0.25, -0.2) is 0 Å². The van der Waals surface area contributed by atoms with Gasteiger partial charge in [0.2, 0.25) is 6.41 Å². The van der Waals surface area contributed by atoms with E-state index in [1.54, 1.807) is 4.90 Å². The van der Waals surface area contributed by atoms with Crippen molar-refractivity contribution in [2.45, 2.75) is 0 Å². The van der Waals surface area contributed by atoms with Gasteiger partial charge in [0.05, 0.1) is 26.2 Å². The molecule has 1 heterocycles. The molecule has 0 aromatic heterocycles. The fourth-order valence-electron chi connectivity index (χ4n) is 0.876. The minimum absolute atomic E-state index is 0.920. The summed E-state index contributed by atoms with van der Waals surface area (Å²) in [4.78, 5) is 11.9. The van der Waals surface area contributed by atoms with Crippen LogP contribution in [-0.4, -0.2) is 37.5 Å². The summed E-state index contributed by atoms with van der Waals surface area (Å²) in [5.41, 5.74) is 0. The zero-order valence-corrected chi connectivity index (χ0v) is 4.84. The molecular weight excluding hydrogens is 104 g/mol. The first kappa shape index (κ1) is 5.56. The Morgan fingerprint density at radius 2 is 2.00 bits per heavy atom. The summed E-state index contributed by atoms with van der Waals surface area (Å²) in [6, 6.07) is 0. The SMILES string of the molecule is O=CN1CC[NH2+]CC1. The summed E-state index contributed by atoms with van der Waals surface area (Å²) in [5.74, 6) is 0. The van der Waals surface area contributed by atoms with Crippen LogP contribution in [0.4, 0.5) is 0 Å². The molecule has 0 spiro atoms. The minimum atomic E-state index is 0.920. The number of hydrogen-bond donors (Lipinski definition) is 1. The highest BCUT2D eigenvalue weighted by Crippen LogP contribution is 1.79. The lowest BCUT2D eigenvalue weighted by molar-refractivity contribution is -0.661. The van der Waals surface area contributed by atoms with Crippen molar-refractivity contribution in [3.63, 3.8) is 0 Å². The molecule has 1 rings (SSSR count). The predicted octanol–water partition coefficient (Wildman–Crippen LogP) is -1.98. The fourth-order valence-corrected chi connectivity index (χ4v) is 0.876. The quantitative estimate of drug-likeness (QED) is 0.395. The van der Waals surface area contributed by atoms with Crippen LogP contribution in [0.3, 0.4) is 0 Å². The van der Waals surface area contributed by atoms with Crippen LogP contribution in [0.5, 0.6) is 0 Å². The molecule has 0 bridgehead atoms. The second kappa shape index (κ2) is 2.67. The third kappa shape index (κ3) is 1.20. The Morgan fingerprint density at radius 3 is 2.38 bits per heavy atom. The van der Waals surface area contributed by atoms with Crippen LogP contribution < -0.4 is 5.32 Å². The van der Waals surface area contributed by atoms with Gasteiger partial charge in [0.25, 0.3) is 0 Å². The maximum atomic E-state index is 10.1. The minimum Gasteiger partial charge on any atom is -0.343 e. The van der Waals surface area contributed by atoms with Crippen molar-refractivity contribution in [1.82, 2.24) is 4.90 Å². The normalized spacial score (nSPS) is 20.8. The molecule has 0 unspecified atom stereocenters. The topological polar surface area (TPSA) is 36.9 Å². The van der Waals surface area contributed by atoms with Crippen molar-refractivity contribution in [3.8, 4) is 0 Å². The average Bonchev–Trinajstić information content (AvgIpc) is 1.90. The summed E-state index contributed by atoms with van der Waals surface area (Å²) in [5, 5.41) is 2.22. The van der Waals surface area contributed by atoms with Crippen LogP contribution in [0.1, 0.15) is 0 Å². The van der Waals surface area contributed by atoms with E-state index in [0.717, 1.165) is 32.6 Å². The van der Waals surface area contributed by atoms with Gasteiger partial charge in [0, 0.05) is 0 Å². The van der Waals surface area contributed by atoms with Crippen molar-refractivity contribution in [2.24, 2.45) is 0 Å². The van der Waals surface area contributed by atoms with Gasteiger partial charge in [-0.2, -0.15) is 0 Å². The molecule has 8 heavy (non-hydrogen) atoms. The Balaban J connectivity index is 2.22. The van der Waals surface area contributed by atoms with Crippen LogP contribution in [0, 0.1) is 0 Å². The van der Waals surface area contributed by atoms with Gasteiger partial charge in [-0.3, -0.25) is 4.79 Å². The number of quaternary nitrogens is 1. The van der Waals surface area contributed by atoms with E-state index in [0.29, 0.717) is 0 Å². The summed E-state index contributed by atoms with van der Waals surface area (Å²) in [6.07, 6.45) is 0.924. The molecule has 0 radical (unpaired) electrons. The molecule has 1 saturated heterocycles. The van der Waals surface area contributed by atoms with Gasteiger partial charge >= 0.3 is 0 Å². The van der Waals surface area contributed by atoms with E-state index in [1.807, 2.05) is 0 Å². The highest BCUT2D eigenvalue weighted by Gasteiger charge is 2.07. The third-order valence-electron chi connectivity index (χ3n) is 1.39. The molecule has 0 saturated carbocycles. The number of carbonyl (C=O) groups is 1. The Kier molecular flexibility index (Phi) is 1.86. The molecule has 2 N–H and O–H groups in total. The molecule has 0 aliphatic carbocycles. The number of amides is 1. The summed E-state index contributed by atoms with van der Waals surface area (Å²) in [6.45, 7) is 3.98. The number of rotatable bonds is 1. The molecule has 3 nitrogen and oxygen atoms in total. The maximum absolute atomic E-state index is 10.1. The van der Waals surface area contributed by atoms with Gasteiger partial charge in [-0.1, -0.05) is 0 Å². The monoisotopic (exact) mass is 115 g/mol. The molecule has 46 valence electrons. The molecule has 1 aliphatic rings. The van der Waals surface area contributed by atoms with Crippen LogP contribution in [-0.2, 0) is 4.79 Å². The number of carbonyl (C=O) groups excluding carboxylic acids is 1. The van der Waals surface area contributed by atoms with Crippen molar-refractivity contribution in [1.29, 1.82) is 0 Å². The Hall–Kier alpha value is -0.570. The number of nitrogens with zero attached hydrogens (tertiary/aromatic N) is 1. The molecule has 1 fully saturated rings. The highest BCUT2D eigenvalue weighted by atomic mass is 16.1. The molecule has 1 amide bonds. The van der Waals surface area contributed by atoms with Gasteiger partial charge in [-0.15, -0.1) is 0 Å². The zero-order valence-electron chi connectivity index (χ0n) is 4.84. The summed E-state index contributed by atoms with van der Waals surface area (Å²) in [7, 11) is 0. The van der Waals surface area contributed by atoms with Gasteiger partial charge in [-0.05, 0) is 0 Å². The van der Waals surface area contributed by atoms with E-state index in [9.17, 15) is 4.79 Å². The smallest absolute Gasteiger partial charge is 0.210 e. The number of hydrogen-bond acceptors (Lipinski definition) is 1. The largest absolute Gasteiger partial charge is 0.343 e. The van der Waals surface area contributed by atoms with E-state index in [4.69, 9.17) is 0 Å². The van der Waals surface area contributed by atoms with E-state index in [1.165, 1.54) is 0 Å². The van der Waals surface area contributed by atoms with Crippen molar-refractivity contribution in [3.05, 3.63) is 0 Å². The molecule has 3 heteroatoms. The van der Waals surface area contributed by atoms with Gasteiger partial charge < -0.3 is 10.2 Å². The number of piperazine rings is 1. The van der Waals surface area contributed by atoms with E-state index in [2.05, 4.69) is 5.32 Å². The van der Waals surface area contributed by atoms with E-state index >= 15 is 0 Å². The van der Waals surface area contributed by atoms with Crippen molar-refractivity contribution < 1.29 is 10.1 Å². The lowest BCUT2D eigenvalue weighted by atomic mass is 10.4. The first-order chi connectivity index (χ1) is 3.93. The Bertz CT molecular complexity index is 78.5. The predicted molar refractivity (Wildman–Crippen MR) is 29.3 cm³/mol. The fraction of sp³-hybridized carbons (Fsp3) is 0.800. The summed E-state index contributed by atoms with van der Waals surface area (Å²) < 4.78 is 0. The van der Waals surface area contributed by atoms with Crippen molar-refractivity contribution in [2.75, 3.05) is 26.2 Å². The van der Waals surface area contributed by atoms with Crippen molar-refractivity contribution >= 4 is 6.41 Å². The Morgan fingerprint density at radius 1 is 1.38 bits per heavy atom. The zero-order chi connectivity index (χ0) is 5.82. The van der Waals surface area contributed by atoms with E-state index < -0.39 is 0 Å². The maximum Gasteiger partial charge on any atom is 0.210 e. The van der Waals surface area contributed by atoms with Crippen LogP contribution >= 0.6 is 0 Å². The van der Waals surface area contributed by atoms with Crippen LogP contribution in [0.15, 0.2) is 0 Å². The molecular formula is C5H11N2O+. The van der Waals surface area contributed by atoms with E-state index in [-0.39, 0.29) is 0 Å². The first-order valence-electron chi connectivity index (χ1n) is 2.94. The van der Waals surface area contributed by atoms with Crippen LogP contribution in [0.25, 0.3) is 0 Å². The molecule has 0 atom stereocenters. The molecule has 0 aromatic carbocycles. The summed E-state index contributed by atoms with van der Waals surface area (Å²) >= 11 is 0. The lowest BCUT2D eigenvalue weighted by Crippen LogP contribution is -2.89. The Labute approximate surface area is 48.7 Å². The molecule has 0 aromatic rings. The first-order valence-corrected chi connectivity index (χ1v) is 2.94. The average molecular weight is 115 g/mol. The highest BCUT2D eigenvalue weighted by molar-refractivity contribution is 5.46. The standard InChI is InChI=1S/C5H10N2O/c8-5-7-3-1-6-2-4-7/h5-6H,1-4H2/p+1.